The summed E-state index contributed by atoms with van der Waals surface area (Å²) in [5.74, 6) is -0.279. The third-order valence-electron chi connectivity index (χ3n) is 3.77. The van der Waals surface area contributed by atoms with Gasteiger partial charge < -0.3 is 5.32 Å². The molecular formula is C16H13N3O2S. The Bertz CT molecular complexity index is 779. The highest BCUT2D eigenvalue weighted by Gasteiger charge is 2.49. The molecule has 0 radical (unpaired) electrons. The van der Waals surface area contributed by atoms with Crippen molar-refractivity contribution in [1.82, 2.24) is 10.2 Å². The molecule has 3 rings (SSSR count). The van der Waals surface area contributed by atoms with Crippen molar-refractivity contribution < 1.29 is 9.59 Å². The van der Waals surface area contributed by atoms with Crippen molar-refractivity contribution in [1.29, 1.82) is 5.26 Å². The van der Waals surface area contributed by atoms with E-state index in [9.17, 15) is 9.59 Å². The topological polar surface area (TPSA) is 73.2 Å². The molecule has 1 saturated heterocycles. The van der Waals surface area contributed by atoms with E-state index in [1.807, 2.05) is 16.8 Å². The molecule has 1 aliphatic rings. The van der Waals surface area contributed by atoms with Crippen LogP contribution in [0.15, 0.2) is 41.1 Å². The van der Waals surface area contributed by atoms with Crippen LogP contribution in [0.4, 0.5) is 4.79 Å². The summed E-state index contributed by atoms with van der Waals surface area (Å²) in [4.78, 5) is 26.1. The molecule has 1 aromatic carbocycles. The molecule has 6 heteroatoms. The molecule has 1 atom stereocenters. The first kappa shape index (κ1) is 14.3. The molecule has 2 aromatic rings. The number of nitrogens with one attached hydrogen (secondary N) is 1. The van der Waals surface area contributed by atoms with E-state index in [-0.39, 0.29) is 12.5 Å². The fourth-order valence-corrected chi connectivity index (χ4v) is 3.27. The number of hydrogen-bond donors (Lipinski definition) is 1. The molecule has 3 amide bonds. The van der Waals surface area contributed by atoms with Crippen LogP contribution in [0.3, 0.4) is 0 Å². The molecule has 22 heavy (non-hydrogen) atoms. The van der Waals surface area contributed by atoms with Crippen molar-refractivity contribution in [3.63, 3.8) is 0 Å². The molecule has 0 spiro atoms. The van der Waals surface area contributed by atoms with E-state index < -0.39 is 11.6 Å². The molecular weight excluding hydrogens is 298 g/mol. The lowest BCUT2D eigenvalue weighted by Gasteiger charge is -2.20. The Morgan fingerprint density at radius 3 is 2.86 bits per heavy atom. The number of nitriles is 1. The number of nitrogens with zero attached hydrogens (tertiary/aromatic N) is 2. The van der Waals surface area contributed by atoms with E-state index >= 15 is 0 Å². The second-order valence-corrected chi connectivity index (χ2v) is 6.05. The van der Waals surface area contributed by atoms with Gasteiger partial charge in [-0.05, 0) is 47.0 Å². The zero-order valence-corrected chi connectivity index (χ0v) is 12.7. The molecule has 1 aliphatic heterocycles. The normalized spacial score (nSPS) is 20.8. The summed E-state index contributed by atoms with van der Waals surface area (Å²) in [5.41, 5.74) is 1.01. The average Bonchev–Trinajstić information content (AvgIpc) is 3.12. The van der Waals surface area contributed by atoms with E-state index in [0.29, 0.717) is 5.56 Å². The zero-order valence-electron chi connectivity index (χ0n) is 11.9. The summed E-state index contributed by atoms with van der Waals surface area (Å²) in [7, 11) is 0. The lowest BCUT2D eigenvalue weighted by atomic mass is 9.95. The molecule has 2 heterocycles. The van der Waals surface area contributed by atoms with Gasteiger partial charge in [0.15, 0.2) is 0 Å². The first-order valence-corrected chi connectivity index (χ1v) is 7.65. The Kier molecular flexibility index (Phi) is 3.43. The van der Waals surface area contributed by atoms with Crippen LogP contribution in [0.1, 0.15) is 23.6 Å². The van der Waals surface area contributed by atoms with Crippen LogP contribution in [0.25, 0.3) is 0 Å². The summed E-state index contributed by atoms with van der Waals surface area (Å²) in [5, 5.41) is 15.4. The third-order valence-corrected chi connectivity index (χ3v) is 4.45. The van der Waals surface area contributed by atoms with Gasteiger partial charge in [-0.25, -0.2) is 4.79 Å². The third kappa shape index (κ3) is 2.26. The van der Waals surface area contributed by atoms with Gasteiger partial charge in [-0.1, -0.05) is 12.1 Å². The Morgan fingerprint density at radius 1 is 1.36 bits per heavy atom. The van der Waals surface area contributed by atoms with Crippen LogP contribution in [-0.2, 0) is 16.9 Å². The summed E-state index contributed by atoms with van der Waals surface area (Å²) in [6.07, 6.45) is 0. The maximum absolute atomic E-state index is 12.7. The second kappa shape index (κ2) is 5.28. The number of thiophene rings is 1. The van der Waals surface area contributed by atoms with E-state index in [1.54, 1.807) is 31.2 Å². The smallest absolute Gasteiger partial charge is 0.319 e. The quantitative estimate of drug-likeness (QED) is 0.885. The largest absolute Gasteiger partial charge is 0.325 e. The second-order valence-electron chi connectivity index (χ2n) is 5.27. The minimum Gasteiger partial charge on any atom is -0.319 e. The molecule has 110 valence electrons. The van der Waals surface area contributed by atoms with Crippen molar-refractivity contribution in [2.45, 2.75) is 19.0 Å². The Hall–Kier alpha value is -2.65. The number of amides is 3. The van der Waals surface area contributed by atoms with E-state index in [2.05, 4.69) is 11.4 Å². The van der Waals surface area contributed by atoms with Crippen LogP contribution in [-0.4, -0.2) is 16.8 Å². The molecule has 0 aliphatic carbocycles. The fourth-order valence-electron chi connectivity index (χ4n) is 2.51. The van der Waals surface area contributed by atoms with Gasteiger partial charge in [-0.15, -0.1) is 0 Å². The first-order valence-electron chi connectivity index (χ1n) is 6.70. The summed E-state index contributed by atoms with van der Waals surface area (Å²) < 4.78 is 0. The molecule has 1 fully saturated rings. The summed E-state index contributed by atoms with van der Waals surface area (Å²) >= 11 is 1.48. The average molecular weight is 311 g/mol. The number of carbonyl (C=O) groups excluding carboxylic acids is 2. The number of rotatable bonds is 3. The van der Waals surface area contributed by atoms with E-state index in [1.165, 1.54) is 16.2 Å². The number of hydrogen-bond acceptors (Lipinski definition) is 4. The van der Waals surface area contributed by atoms with Gasteiger partial charge in [0.2, 0.25) is 0 Å². The fraction of sp³-hybridized carbons (Fsp3) is 0.188. The lowest BCUT2D eigenvalue weighted by molar-refractivity contribution is -0.131. The van der Waals surface area contributed by atoms with Gasteiger partial charge in [0.1, 0.15) is 5.54 Å². The van der Waals surface area contributed by atoms with Crippen molar-refractivity contribution in [2.24, 2.45) is 0 Å². The predicted octanol–water partition coefficient (Wildman–Crippen LogP) is 2.59. The summed E-state index contributed by atoms with van der Waals surface area (Å²) in [6.45, 7) is 1.86. The maximum Gasteiger partial charge on any atom is 0.325 e. The Morgan fingerprint density at radius 2 is 2.18 bits per heavy atom. The Labute approximate surface area is 131 Å². The van der Waals surface area contributed by atoms with Crippen LogP contribution in [0, 0.1) is 11.3 Å². The minimum absolute atomic E-state index is 0.153. The molecule has 1 N–H and O–H groups in total. The molecule has 0 bridgehead atoms. The van der Waals surface area contributed by atoms with Crippen LogP contribution >= 0.6 is 11.3 Å². The predicted molar refractivity (Wildman–Crippen MR) is 81.9 cm³/mol. The standard InChI is InChI=1S/C16H13N3O2S/c1-16(13-5-6-22-10-13)14(20)19(15(21)18-16)9-12-4-2-3-11(7-12)8-17/h2-7,10H,9H2,1H3,(H,18,21)/t16-/m0/s1. The minimum atomic E-state index is -1.02. The van der Waals surface area contributed by atoms with Gasteiger partial charge in [-0.3, -0.25) is 9.69 Å². The number of urea groups is 1. The molecule has 1 aromatic heterocycles. The van der Waals surface area contributed by atoms with Gasteiger partial charge >= 0.3 is 6.03 Å². The highest BCUT2D eigenvalue weighted by Crippen LogP contribution is 2.31. The zero-order chi connectivity index (χ0) is 15.7. The molecule has 5 nitrogen and oxygen atoms in total. The lowest BCUT2D eigenvalue weighted by Crippen LogP contribution is -2.40. The number of carbonyl (C=O) groups is 2. The van der Waals surface area contributed by atoms with Gasteiger partial charge in [0.05, 0.1) is 18.2 Å². The van der Waals surface area contributed by atoms with E-state index in [0.717, 1.165) is 11.1 Å². The first-order chi connectivity index (χ1) is 10.5. The van der Waals surface area contributed by atoms with Crippen molar-refractivity contribution in [3.05, 3.63) is 57.8 Å². The van der Waals surface area contributed by atoms with Gasteiger partial charge in [0.25, 0.3) is 5.91 Å². The van der Waals surface area contributed by atoms with Crippen LogP contribution < -0.4 is 5.32 Å². The number of imide groups is 1. The molecule has 0 unspecified atom stereocenters. The van der Waals surface area contributed by atoms with Crippen molar-refractivity contribution >= 4 is 23.3 Å². The van der Waals surface area contributed by atoms with Crippen molar-refractivity contribution in [3.8, 4) is 6.07 Å². The Balaban J connectivity index is 1.88. The number of benzene rings is 1. The summed E-state index contributed by atoms with van der Waals surface area (Å²) in [6, 6.07) is 10.4. The highest BCUT2D eigenvalue weighted by atomic mass is 32.1. The van der Waals surface area contributed by atoms with Crippen LogP contribution in [0.2, 0.25) is 0 Å². The molecule has 0 saturated carbocycles. The van der Waals surface area contributed by atoms with Crippen molar-refractivity contribution in [2.75, 3.05) is 0 Å². The van der Waals surface area contributed by atoms with Gasteiger partial charge in [-0.2, -0.15) is 16.6 Å². The SMILES string of the molecule is C[C@@]1(c2ccsc2)NC(=O)N(Cc2cccc(C#N)c2)C1=O. The maximum atomic E-state index is 12.7. The van der Waals surface area contributed by atoms with Gasteiger partial charge in [0, 0.05) is 0 Å². The highest BCUT2D eigenvalue weighted by molar-refractivity contribution is 7.08. The van der Waals surface area contributed by atoms with E-state index in [4.69, 9.17) is 5.26 Å². The van der Waals surface area contributed by atoms with Crippen LogP contribution in [0.5, 0.6) is 0 Å². The monoisotopic (exact) mass is 311 g/mol.